The fraction of sp³-hybridized carbons (Fsp3) is 0.412. The van der Waals surface area contributed by atoms with Crippen LogP contribution in [0.25, 0.3) is 0 Å². The monoisotopic (exact) mass is 421 g/mol. The maximum Gasteiger partial charge on any atom is 0.288 e. The molecule has 2 aromatic heterocycles. The molecule has 0 atom stereocenters. The number of aromatic amines is 1. The van der Waals surface area contributed by atoms with Gasteiger partial charge in [0.05, 0.1) is 11.3 Å². The van der Waals surface area contributed by atoms with Gasteiger partial charge >= 0.3 is 0 Å². The van der Waals surface area contributed by atoms with E-state index in [1.807, 2.05) is 4.90 Å². The van der Waals surface area contributed by atoms with Gasteiger partial charge in [0, 0.05) is 49.0 Å². The van der Waals surface area contributed by atoms with E-state index >= 15 is 0 Å². The van der Waals surface area contributed by atoms with Crippen LogP contribution < -0.4 is 10.5 Å². The maximum absolute atomic E-state index is 13.9. The highest BCUT2D eigenvalue weighted by Gasteiger charge is 2.31. The Bertz CT molecular complexity index is 906. The number of carbonyl (C=O) groups is 1. The van der Waals surface area contributed by atoms with Gasteiger partial charge < -0.3 is 9.80 Å². The fourth-order valence-corrected chi connectivity index (χ4v) is 3.44. The van der Waals surface area contributed by atoms with E-state index < -0.39 is 11.4 Å². The van der Waals surface area contributed by atoms with Gasteiger partial charge in [0.2, 0.25) is 11.8 Å². The van der Waals surface area contributed by atoms with Crippen molar-refractivity contribution < 1.29 is 9.18 Å². The first kappa shape index (κ1) is 17.1. The molecule has 0 spiro atoms. The molecule has 1 N–H and O–H groups in total. The SMILES string of the molecule is O=C(c1cncc(Br)c1)N1CCN(c2nc(C3CC3)c(F)c(=O)[nH]2)CC1. The maximum atomic E-state index is 13.9. The van der Waals surface area contributed by atoms with Crippen LogP contribution in [0.3, 0.4) is 0 Å². The summed E-state index contributed by atoms with van der Waals surface area (Å²) in [4.78, 5) is 38.9. The lowest BCUT2D eigenvalue weighted by Gasteiger charge is -2.35. The van der Waals surface area contributed by atoms with Gasteiger partial charge in [0.1, 0.15) is 0 Å². The van der Waals surface area contributed by atoms with E-state index in [4.69, 9.17) is 0 Å². The molecular weight excluding hydrogens is 405 g/mol. The van der Waals surface area contributed by atoms with Gasteiger partial charge in [-0.25, -0.2) is 4.98 Å². The van der Waals surface area contributed by atoms with Crippen molar-refractivity contribution in [2.24, 2.45) is 0 Å². The number of hydrogen-bond acceptors (Lipinski definition) is 5. The number of rotatable bonds is 3. The number of anilines is 1. The summed E-state index contributed by atoms with van der Waals surface area (Å²) in [6, 6.07) is 1.74. The van der Waals surface area contributed by atoms with Crippen LogP contribution >= 0.6 is 15.9 Å². The van der Waals surface area contributed by atoms with Crippen LogP contribution in [0.5, 0.6) is 0 Å². The molecule has 4 rings (SSSR count). The summed E-state index contributed by atoms with van der Waals surface area (Å²) in [6.07, 6.45) is 4.91. The van der Waals surface area contributed by atoms with Crippen molar-refractivity contribution in [2.45, 2.75) is 18.8 Å². The number of amides is 1. The van der Waals surface area contributed by atoms with E-state index in [0.717, 1.165) is 17.3 Å². The van der Waals surface area contributed by atoms with Crippen molar-refractivity contribution in [2.75, 3.05) is 31.1 Å². The number of hydrogen-bond donors (Lipinski definition) is 1. The molecular formula is C17H17BrFN5O2. The third kappa shape index (κ3) is 3.35. The van der Waals surface area contributed by atoms with Crippen LogP contribution in [-0.4, -0.2) is 51.9 Å². The van der Waals surface area contributed by atoms with Crippen LogP contribution in [0, 0.1) is 5.82 Å². The largest absolute Gasteiger partial charge is 0.339 e. The predicted octanol–water partition coefficient (Wildman–Crippen LogP) is 1.91. The Hall–Kier alpha value is -2.29. The number of piperazine rings is 1. The lowest BCUT2D eigenvalue weighted by molar-refractivity contribution is 0.0745. The van der Waals surface area contributed by atoms with Crippen molar-refractivity contribution in [1.29, 1.82) is 0 Å². The third-order valence-electron chi connectivity index (χ3n) is 4.66. The minimum Gasteiger partial charge on any atom is -0.339 e. The van der Waals surface area contributed by atoms with Gasteiger partial charge in [0.15, 0.2) is 0 Å². The Morgan fingerprint density at radius 2 is 1.96 bits per heavy atom. The minimum atomic E-state index is -0.771. The van der Waals surface area contributed by atoms with Crippen LogP contribution in [0.1, 0.15) is 34.8 Å². The standard InChI is InChI=1S/C17H17BrFN5O2/c18-12-7-11(8-20-9-12)16(26)23-3-5-24(6-4-23)17-21-14(10-1-2-10)13(19)15(25)22-17/h7-10H,1-6H2,(H,21,22,25). The van der Waals surface area contributed by atoms with Crippen molar-refractivity contribution in [3.05, 3.63) is 50.4 Å². The Balaban J connectivity index is 1.47. The molecule has 2 aromatic rings. The van der Waals surface area contributed by atoms with Crippen LogP contribution in [0.4, 0.5) is 10.3 Å². The first-order chi connectivity index (χ1) is 12.5. The van der Waals surface area contributed by atoms with E-state index in [-0.39, 0.29) is 17.5 Å². The summed E-state index contributed by atoms with van der Waals surface area (Å²) in [7, 11) is 0. The molecule has 0 bridgehead atoms. The summed E-state index contributed by atoms with van der Waals surface area (Å²) < 4.78 is 14.7. The summed E-state index contributed by atoms with van der Waals surface area (Å²) in [6.45, 7) is 2.02. The molecule has 2 aliphatic rings. The van der Waals surface area contributed by atoms with Gasteiger partial charge in [-0.15, -0.1) is 0 Å². The van der Waals surface area contributed by atoms with E-state index in [2.05, 4.69) is 30.9 Å². The quantitative estimate of drug-likeness (QED) is 0.818. The summed E-state index contributed by atoms with van der Waals surface area (Å²) >= 11 is 3.32. The molecule has 0 aromatic carbocycles. The molecule has 3 heterocycles. The van der Waals surface area contributed by atoms with E-state index in [0.29, 0.717) is 37.7 Å². The number of nitrogens with one attached hydrogen (secondary N) is 1. The van der Waals surface area contributed by atoms with Gasteiger partial charge in [-0.1, -0.05) is 0 Å². The first-order valence-corrected chi connectivity index (χ1v) is 9.26. The highest BCUT2D eigenvalue weighted by Crippen LogP contribution is 2.39. The number of pyridine rings is 1. The van der Waals surface area contributed by atoms with Gasteiger partial charge in [0.25, 0.3) is 11.5 Å². The predicted molar refractivity (Wildman–Crippen MR) is 96.8 cm³/mol. The molecule has 1 aliphatic carbocycles. The van der Waals surface area contributed by atoms with Crippen molar-refractivity contribution in [3.8, 4) is 0 Å². The summed E-state index contributed by atoms with van der Waals surface area (Å²) in [5, 5.41) is 0. The van der Waals surface area contributed by atoms with Crippen LogP contribution in [0.15, 0.2) is 27.7 Å². The number of aromatic nitrogens is 3. The molecule has 1 amide bonds. The number of halogens is 2. The number of carbonyl (C=O) groups excluding carboxylic acids is 1. The molecule has 26 heavy (non-hydrogen) atoms. The zero-order valence-electron chi connectivity index (χ0n) is 13.9. The average molecular weight is 422 g/mol. The highest BCUT2D eigenvalue weighted by atomic mass is 79.9. The zero-order valence-corrected chi connectivity index (χ0v) is 15.5. The molecule has 9 heteroatoms. The topological polar surface area (TPSA) is 82.2 Å². The van der Waals surface area contributed by atoms with E-state index in [1.54, 1.807) is 23.4 Å². The second-order valence-electron chi connectivity index (χ2n) is 6.53. The first-order valence-electron chi connectivity index (χ1n) is 8.47. The molecule has 1 saturated heterocycles. The molecule has 7 nitrogen and oxygen atoms in total. The highest BCUT2D eigenvalue weighted by molar-refractivity contribution is 9.10. The smallest absolute Gasteiger partial charge is 0.288 e. The fourth-order valence-electron chi connectivity index (χ4n) is 3.07. The van der Waals surface area contributed by atoms with Crippen LogP contribution in [-0.2, 0) is 0 Å². The Labute approximate surface area is 157 Å². The van der Waals surface area contributed by atoms with Gasteiger partial charge in [-0.2, -0.15) is 4.39 Å². The Morgan fingerprint density at radius 1 is 1.23 bits per heavy atom. The molecule has 1 saturated carbocycles. The van der Waals surface area contributed by atoms with Crippen molar-refractivity contribution in [3.63, 3.8) is 0 Å². The van der Waals surface area contributed by atoms with Gasteiger partial charge in [-0.3, -0.25) is 19.6 Å². The van der Waals surface area contributed by atoms with Gasteiger partial charge in [-0.05, 0) is 34.8 Å². The molecule has 136 valence electrons. The Morgan fingerprint density at radius 3 is 2.62 bits per heavy atom. The number of H-pyrrole nitrogens is 1. The van der Waals surface area contributed by atoms with Crippen molar-refractivity contribution in [1.82, 2.24) is 19.9 Å². The minimum absolute atomic E-state index is 0.0583. The zero-order chi connectivity index (χ0) is 18.3. The van der Waals surface area contributed by atoms with E-state index in [1.165, 1.54) is 0 Å². The molecule has 1 aliphatic heterocycles. The number of nitrogens with zero attached hydrogens (tertiary/aromatic N) is 4. The van der Waals surface area contributed by atoms with E-state index in [9.17, 15) is 14.0 Å². The Kier molecular flexibility index (Phi) is 4.47. The second kappa shape index (κ2) is 6.79. The van der Waals surface area contributed by atoms with Crippen molar-refractivity contribution >= 4 is 27.8 Å². The molecule has 0 unspecified atom stereocenters. The average Bonchev–Trinajstić information content (AvgIpc) is 3.48. The normalized spacial score (nSPS) is 17.5. The lowest BCUT2D eigenvalue weighted by Crippen LogP contribution is -2.49. The summed E-state index contributed by atoms with van der Waals surface area (Å²) in [5.41, 5.74) is 0.0650. The molecule has 0 radical (unpaired) electrons. The third-order valence-corrected chi connectivity index (χ3v) is 5.09. The lowest BCUT2D eigenvalue weighted by atomic mass is 10.2. The molecule has 2 fully saturated rings. The second-order valence-corrected chi connectivity index (χ2v) is 7.45. The summed E-state index contributed by atoms with van der Waals surface area (Å²) in [5.74, 6) is -0.414. The van der Waals surface area contributed by atoms with Crippen LogP contribution in [0.2, 0.25) is 0 Å².